The van der Waals surface area contributed by atoms with E-state index in [2.05, 4.69) is 42.4 Å². The Kier molecular flexibility index (Phi) is 6.04. The summed E-state index contributed by atoms with van der Waals surface area (Å²) in [5, 5.41) is 21.4. The molecule has 1 amide bonds. The van der Waals surface area contributed by atoms with Crippen LogP contribution in [0.25, 0.3) is 27.9 Å². The van der Waals surface area contributed by atoms with Crippen molar-refractivity contribution in [2.24, 2.45) is 0 Å². The first-order valence-corrected chi connectivity index (χ1v) is 12.4. The van der Waals surface area contributed by atoms with Gasteiger partial charge in [-0.3, -0.25) is 9.69 Å². The number of rotatable bonds is 7. The first-order chi connectivity index (χ1) is 17.6. The molecule has 2 atom stereocenters. The molecule has 4 aromatic rings. The zero-order chi connectivity index (χ0) is 24.6. The number of anilines is 1. The van der Waals surface area contributed by atoms with E-state index in [0.717, 1.165) is 73.9 Å². The molecule has 1 saturated carbocycles. The number of ether oxygens (including phenoxy) is 1. The molecule has 0 radical (unpaired) electrons. The Hall–Kier alpha value is -3.54. The molecule has 0 spiro atoms. The number of nitrogens with zero attached hydrogens (tertiary/aromatic N) is 6. The van der Waals surface area contributed by atoms with E-state index in [1.807, 2.05) is 19.2 Å². The van der Waals surface area contributed by atoms with Gasteiger partial charge in [-0.05, 0) is 25.0 Å². The minimum absolute atomic E-state index is 0.227. The van der Waals surface area contributed by atoms with Crippen molar-refractivity contribution in [2.45, 2.75) is 31.5 Å². The fraction of sp³-hybridized carbons (Fsp3) is 0.440. The number of amides is 1. The van der Waals surface area contributed by atoms with Gasteiger partial charge < -0.3 is 25.0 Å². The van der Waals surface area contributed by atoms with Gasteiger partial charge in [0.15, 0.2) is 5.65 Å². The molecule has 0 unspecified atom stereocenters. The molecule has 1 aliphatic heterocycles. The lowest BCUT2D eigenvalue weighted by Crippen LogP contribution is -2.50. The van der Waals surface area contributed by atoms with Crippen molar-refractivity contribution in [3.8, 4) is 11.3 Å². The van der Waals surface area contributed by atoms with Crippen LogP contribution in [0.1, 0.15) is 23.2 Å². The second kappa shape index (κ2) is 9.49. The fourth-order valence-electron chi connectivity index (χ4n) is 4.91. The zero-order valence-corrected chi connectivity index (χ0v) is 20.2. The van der Waals surface area contributed by atoms with Gasteiger partial charge in [0.25, 0.3) is 5.91 Å². The predicted molar refractivity (Wildman–Crippen MR) is 135 cm³/mol. The number of aliphatic hydroxyl groups excluding tert-OH is 1. The summed E-state index contributed by atoms with van der Waals surface area (Å²) in [6, 6.07) is 5.69. The molecule has 188 valence electrons. The summed E-state index contributed by atoms with van der Waals surface area (Å²) < 4.78 is 9.28. The highest BCUT2D eigenvalue weighted by Gasteiger charge is 2.31. The van der Waals surface area contributed by atoms with Gasteiger partial charge in [-0.25, -0.2) is 9.97 Å². The van der Waals surface area contributed by atoms with Crippen molar-refractivity contribution in [1.29, 1.82) is 0 Å². The number of hydrogen-bond donors (Lipinski definition) is 3. The summed E-state index contributed by atoms with van der Waals surface area (Å²) in [5.74, 6) is 0.436. The van der Waals surface area contributed by atoms with E-state index in [1.165, 1.54) is 6.20 Å². The maximum Gasteiger partial charge on any atom is 0.257 e. The standard InChI is InChI=1S/C25H30N8O3/c1-26-22-13-20(29-24-17(14-28-33(22)24)25(35)30-19-4-5-21(19)34)18-15-32(23-16(18)3-2-6-27-23)8-7-31-9-11-36-12-10-31/h2-3,6,13-15,19,21,26,34H,4-5,7-12H2,1H3,(H,30,35)/t19-,21-/m1/s1. The van der Waals surface area contributed by atoms with Crippen LogP contribution in [0.5, 0.6) is 0 Å². The van der Waals surface area contributed by atoms with Gasteiger partial charge in [0.1, 0.15) is 17.0 Å². The van der Waals surface area contributed by atoms with E-state index < -0.39 is 6.10 Å². The van der Waals surface area contributed by atoms with Crippen LogP contribution in [0.3, 0.4) is 0 Å². The number of morpholine rings is 1. The van der Waals surface area contributed by atoms with Crippen molar-refractivity contribution in [3.63, 3.8) is 0 Å². The Morgan fingerprint density at radius 1 is 1.22 bits per heavy atom. The van der Waals surface area contributed by atoms with Crippen LogP contribution in [0.2, 0.25) is 0 Å². The first kappa shape index (κ1) is 22.9. The van der Waals surface area contributed by atoms with Gasteiger partial charge in [0, 0.05) is 62.6 Å². The van der Waals surface area contributed by atoms with Gasteiger partial charge in [-0.1, -0.05) is 0 Å². The predicted octanol–water partition coefficient (Wildman–Crippen LogP) is 1.37. The molecular weight excluding hydrogens is 460 g/mol. The van der Waals surface area contributed by atoms with Crippen molar-refractivity contribution in [3.05, 3.63) is 42.4 Å². The summed E-state index contributed by atoms with van der Waals surface area (Å²) in [6.07, 6.45) is 6.40. The maximum atomic E-state index is 13.0. The number of carbonyl (C=O) groups excluding carboxylic acids is 1. The maximum absolute atomic E-state index is 13.0. The first-order valence-electron chi connectivity index (χ1n) is 12.4. The second-order valence-electron chi connectivity index (χ2n) is 9.36. The molecule has 11 nitrogen and oxygen atoms in total. The lowest BCUT2D eigenvalue weighted by Gasteiger charge is -2.32. The van der Waals surface area contributed by atoms with E-state index in [0.29, 0.717) is 17.6 Å². The summed E-state index contributed by atoms with van der Waals surface area (Å²) in [6.45, 7) is 5.14. The van der Waals surface area contributed by atoms with Crippen LogP contribution >= 0.6 is 0 Å². The average Bonchev–Trinajstić information content (AvgIpc) is 3.51. The van der Waals surface area contributed by atoms with Crippen molar-refractivity contribution in [2.75, 3.05) is 45.2 Å². The smallest absolute Gasteiger partial charge is 0.257 e. The second-order valence-corrected chi connectivity index (χ2v) is 9.36. The van der Waals surface area contributed by atoms with Gasteiger partial charge in [-0.2, -0.15) is 9.61 Å². The average molecular weight is 491 g/mol. The molecule has 1 saturated heterocycles. The number of nitrogens with one attached hydrogen (secondary N) is 2. The lowest BCUT2D eigenvalue weighted by molar-refractivity contribution is 0.0365. The molecular formula is C25H30N8O3. The van der Waals surface area contributed by atoms with Gasteiger partial charge >= 0.3 is 0 Å². The fourth-order valence-corrected chi connectivity index (χ4v) is 4.91. The Labute approximate surface area is 208 Å². The van der Waals surface area contributed by atoms with Crippen molar-refractivity contribution >= 4 is 28.4 Å². The molecule has 36 heavy (non-hydrogen) atoms. The third kappa shape index (κ3) is 4.08. The molecule has 0 bridgehead atoms. The minimum atomic E-state index is -0.497. The molecule has 5 heterocycles. The molecule has 1 aliphatic carbocycles. The third-order valence-electron chi connectivity index (χ3n) is 7.20. The highest BCUT2D eigenvalue weighted by atomic mass is 16.5. The topological polar surface area (TPSA) is 122 Å². The number of aliphatic hydroxyl groups is 1. The van der Waals surface area contributed by atoms with Crippen LogP contribution in [-0.2, 0) is 11.3 Å². The van der Waals surface area contributed by atoms with E-state index in [-0.39, 0.29) is 11.9 Å². The molecule has 2 aliphatic rings. The van der Waals surface area contributed by atoms with Gasteiger partial charge in [0.05, 0.1) is 37.3 Å². The van der Waals surface area contributed by atoms with Crippen LogP contribution in [0.4, 0.5) is 5.82 Å². The normalized spacial score (nSPS) is 20.5. The van der Waals surface area contributed by atoms with E-state index in [1.54, 1.807) is 10.7 Å². The van der Waals surface area contributed by atoms with Crippen LogP contribution < -0.4 is 10.6 Å². The van der Waals surface area contributed by atoms with Crippen LogP contribution in [0, 0.1) is 0 Å². The Morgan fingerprint density at radius 3 is 2.83 bits per heavy atom. The molecule has 2 fully saturated rings. The van der Waals surface area contributed by atoms with Crippen molar-refractivity contribution in [1.82, 2.24) is 34.4 Å². The monoisotopic (exact) mass is 490 g/mol. The number of fused-ring (bicyclic) bond motifs is 2. The van der Waals surface area contributed by atoms with E-state index in [9.17, 15) is 9.90 Å². The van der Waals surface area contributed by atoms with Crippen molar-refractivity contribution < 1.29 is 14.6 Å². The summed E-state index contributed by atoms with van der Waals surface area (Å²) in [5.41, 5.74) is 3.41. The summed E-state index contributed by atoms with van der Waals surface area (Å²) >= 11 is 0. The summed E-state index contributed by atoms with van der Waals surface area (Å²) in [4.78, 5) is 25.0. The SMILES string of the molecule is CNc1cc(-c2cn(CCN3CCOCC3)c3ncccc23)nc2c(C(=O)N[C@@H]3CC[C@H]3O)cnn12. The zero-order valence-electron chi connectivity index (χ0n) is 20.2. The molecule has 3 N–H and O–H groups in total. The number of carbonyl (C=O) groups is 1. The van der Waals surface area contributed by atoms with Gasteiger partial charge in [0.2, 0.25) is 0 Å². The largest absolute Gasteiger partial charge is 0.391 e. The highest BCUT2D eigenvalue weighted by Crippen LogP contribution is 2.31. The minimum Gasteiger partial charge on any atom is -0.391 e. The highest BCUT2D eigenvalue weighted by molar-refractivity contribution is 6.01. The molecule has 11 heteroatoms. The van der Waals surface area contributed by atoms with Crippen LogP contribution in [0.15, 0.2) is 36.8 Å². The number of hydrogen-bond acceptors (Lipinski definition) is 8. The van der Waals surface area contributed by atoms with E-state index >= 15 is 0 Å². The molecule has 4 aromatic heterocycles. The Bertz CT molecular complexity index is 1410. The third-order valence-corrected chi connectivity index (χ3v) is 7.20. The van der Waals surface area contributed by atoms with Gasteiger partial charge in [-0.15, -0.1) is 0 Å². The Balaban J connectivity index is 1.37. The summed E-state index contributed by atoms with van der Waals surface area (Å²) in [7, 11) is 1.82. The molecule has 0 aromatic carbocycles. The van der Waals surface area contributed by atoms with Crippen LogP contribution in [-0.4, -0.2) is 92.1 Å². The number of pyridine rings is 1. The number of aromatic nitrogens is 5. The van der Waals surface area contributed by atoms with E-state index in [4.69, 9.17) is 9.72 Å². The lowest BCUT2D eigenvalue weighted by atomic mass is 9.89. The molecule has 6 rings (SSSR count). The quantitative estimate of drug-likeness (QED) is 0.355. The Morgan fingerprint density at radius 2 is 2.08 bits per heavy atom.